The standard InChI is InChI=1S/C13H20FNO3S2/c1-10(6-7-19-3)15(2)20(17,18)13-8-12(14)5-4-11(13)9-16/h4-5,8,10,16H,6-7,9H2,1-3H3. The maximum Gasteiger partial charge on any atom is 0.243 e. The molecule has 114 valence electrons. The van der Waals surface area contributed by atoms with E-state index >= 15 is 0 Å². The Morgan fingerprint density at radius 2 is 2.10 bits per heavy atom. The molecule has 1 aromatic rings. The molecule has 1 N–H and O–H groups in total. The van der Waals surface area contributed by atoms with Crippen LogP contribution in [-0.4, -0.2) is 42.9 Å². The minimum atomic E-state index is -3.81. The van der Waals surface area contributed by atoms with Crippen molar-refractivity contribution in [3.8, 4) is 0 Å². The van der Waals surface area contributed by atoms with Gasteiger partial charge in [-0.15, -0.1) is 0 Å². The van der Waals surface area contributed by atoms with Crippen LogP contribution < -0.4 is 0 Å². The Kier molecular flexibility index (Phi) is 6.44. The van der Waals surface area contributed by atoms with E-state index in [0.717, 1.165) is 17.9 Å². The van der Waals surface area contributed by atoms with Crippen LogP contribution in [0.1, 0.15) is 18.9 Å². The van der Waals surface area contributed by atoms with Gasteiger partial charge in [0.25, 0.3) is 0 Å². The highest BCUT2D eigenvalue weighted by atomic mass is 32.2. The van der Waals surface area contributed by atoms with Crippen LogP contribution in [0.4, 0.5) is 4.39 Å². The summed E-state index contributed by atoms with van der Waals surface area (Å²) in [6.07, 6.45) is 2.67. The zero-order chi connectivity index (χ0) is 15.3. The number of halogens is 1. The first-order valence-electron chi connectivity index (χ1n) is 6.20. The molecule has 0 aliphatic rings. The van der Waals surface area contributed by atoms with Gasteiger partial charge in [0.15, 0.2) is 0 Å². The number of aliphatic hydroxyl groups excluding tert-OH is 1. The molecule has 1 atom stereocenters. The smallest absolute Gasteiger partial charge is 0.243 e. The van der Waals surface area contributed by atoms with E-state index in [1.807, 2.05) is 13.2 Å². The topological polar surface area (TPSA) is 57.6 Å². The summed E-state index contributed by atoms with van der Waals surface area (Å²) in [4.78, 5) is -0.168. The molecule has 0 saturated heterocycles. The van der Waals surface area contributed by atoms with Crippen molar-refractivity contribution >= 4 is 21.8 Å². The van der Waals surface area contributed by atoms with Crippen LogP contribution in [0.3, 0.4) is 0 Å². The van der Waals surface area contributed by atoms with E-state index in [4.69, 9.17) is 0 Å². The second-order valence-electron chi connectivity index (χ2n) is 4.56. The molecule has 0 radical (unpaired) electrons. The van der Waals surface area contributed by atoms with Crippen LogP contribution in [0.5, 0.6) is 0 Å². The molecule has 0 saturated carbocycles. The molecule has 1 aromatic carbocycles. The monoisotopic (exact) mass is 321 g/mol. The summed E-state index contributed by atoms with van der Waals surface area (Å²) in [6, 6.07) is 3.20. The first kappa shape index (κ1) is 17.4. The van der Waals surface area contributed by atoms with E-state index in [1.54, 1.807) is 11.8 Å². The highest BCUT2D eigenvalue weighted by Gasteiger charge is 2.27. The summed E-state index contributed by atoms with van der Waals surface area (Å²) < 4.78 is 39.6. The summed E-state index contributed by atoms with van der Waals surface area (Å²) in [5.41, 5.74) is 0.204. The molecule has 4 nitrogen and oxygen atoms in total. The van der Waals surface area contributed by atoms with Crippen molar-refractivity contribution in [3.63, 3.8) is 0 Å². The van der Waals surface area contributed by atoms with Gasteiger partial charge in [0.05, 0.1) is 11.5 Å². The number of nitrogens with zero attached hydrogens (tertiary/aromatic N) is 1. The first-order chi connectivity index (χ1) is 9.34. The van der Waals surface area contributed by atoms with Gasteiger partial charge >= 0.3 is 0 Å². The second-order valence-corrected chi connectivity index (χ2v) is 7.51. The minimum Gasteiger partial charge on any atom is -0.392 e. The molecular formula is C13H20FNO3S2. The lowest BCUT2D eigenvalue weighted by Crippen LogP contribution is -2.36. The summed E-state index contributed by atoms with van der Waals surface area (Å²) in [7, 11) is -2.33. The fourth-order valence-corrected chi connectivity index (χ4v) is 3.95. The number of sulfonamides is 1. The number of rotatable bonds is 7. The van der Waals surface area contributed by atoms with E-state index in [1.165, 1.54) is 17.4 Å². The number of hydrogen-bond donors (Lipinski definition) is 1. The predicted molar refractivity (Wildman–Crippen MR) is 79.7 cm³/mol. The van der Waals surface area contributed by atoms with Crippen LogP contribution >= 0.6 is 11.8 Å². The summed E-state index contributed by atoms with van der Waals surface area (Å²) in [6.45, 7) is 1.37. The number of hydrogen-bond acceptors (Lipinski definition) is 4. The van der Waals surface area contributed by atoms with Crippen LogP contribution in [0.25, 0.3) is 0 Å². The summed E-state index contributed by atoms with van der Waals surface area (Å²) >= 11 is 1.64. The van der Waals surface area contributed by atoms with Gasteiger partial charge in [-0.1, -0.05) is 6.07 Å². The molecule has 20 heavy (non-hydrogen) atoms. The number of benzene rings is 1. The third-order valence-corrected chi connectivity index (χ3v) is 5.92. The Bertz CT molecular complexity index is 549. The second kappa shape index (κ2) is 7.40. The predicted octanol–water partition coefficient (Wildman–Crippen LogP) is 2.08. The van der Waals surface area contributed by atoms with E-state index in [9.17, 15) is 17.9 Å². The summed E-state index contributed by atoms with van der Waals surface area (Å²) in [5.74, 6) is 0.211. The highest BCUT2D eigenvalue weighted by molar-refractivity contribution is 7.98. The average Bonchev–Trinajstić information content (AvgIpc) is 2.43. The average molecular weight is 321 g/mol. The largest absolute Gasteiger partial charge is 0.392 e. The summed E-state index contributed by atoms with van der Waals surface area (Å²) in [5, 5.41) is 9.23. The van der Waals surface area contributed by atoms with Crippen molar-refractivity contribution in [2.75, 3.05) is 19.1 Å². The number of thioether (sulfide) groups is 1. The lowest BCUT2D eigenvalue weighted by molar-refractivity contribution is 0.277. The molecule has 0 aliphatic heterocycles. The first-order valence-corrected chi connectivity index (χ1v) is 9.04. The van der Waals surface area contributed by atoms with E-state index in [2.05, 4.69) is 0 Å². The normalized spacial score (nSPS) is 13.7. The van der Waals surface area contributed by atoms with Crippen molar-refractivity contribution in [1.82, 2.24) is 4.31 Å². The van der Waals surface area contributed by atoms with Crippen LogP contribution in [-0.2, 0) is 16.6 Å². The third kappa shape index (κ3) is 3.94. The van der Waals surface area contributed by atoms with Crippen molar-refractivity contribution in [3.05, 3.63) is 29.6 Å². The maximum atomic E-state index is 13.3. The van der Waals surface area contributed by atoms with Gasteiger partial charge in [-0.25, -0.2) is 12.8 Å². The van der Waals surface area contributed by atoms with Crippen LogP contribution in [0.15, 0.2) is 23.1 Å². The maximum absolute atomic E-state index is 13.3. The molecule has 0 heterocycles. The molecule has 7 heteroatoms. The van der Waals surface area contributed by atoms with Crippen LogP contribution in [0, 0.1) is 5.82 Å². The Labute approximate surface area is 124 Å². The van der Waals surface area contributed by atoms with Crippen molar-refractivity contribution in [2.45, 2.75) is 30.9 Å². The Morgan fingerprint density at radius 1 is 1.45 bits per heavy atom. The van der Waals surface area contributed by atoms with Gasteiger partial charge in [-0.2, -0.15) is 16.1 Å². The van der Waals surface area contributed by atoms with Crippen molar-refractivity contribution in [2.24, 2.45) is 0 Å². The minimum absolute atomic E-state index is 0.168. The zero-order valence-electron chi connectivity index (χ0n) is 11.8. The van der Waals surface area contributed by atoms with Gasteiger partial charge in [0, 0.05) is 13.1 Å². The SMILES string of the molecule is CSCCC(C)N(C)S(=O)(=O)c1cc(F)ccc1CO. The van der Waals surface area contributed by atoms with Gasteiger partial charge in [0.2, 0.25) is 10.0 Å². The highest BCUT2D eigenvalue weighted by Crippen LogP contribution is 2.23. The molecule has 0 bridgehead atoms. The Morgan fingerprint density at radius 3 is 2.65 bits per heavy atom. The van der Waals surface area contributed by atoms with E-state index in [0.29, 0.717) is 6.42 Å². The van der Waals surface area contributed by atoms with E-state index in [-0.39, 0.29) is 16.5 Å². The van der Waals surface area contributed by atoms with E-state index < -0.39 is 22.4 Å². The van der Waals surface area contributed by atoms with Crippen LogP contribution in [0.2, 0.25) is 0 Å². The molecule has 0 spiro atoms. The fraction of sp³-hybridized carbons (Fsp3) is 0.538. The quantitative estimate of drug-likeness (QED) is 0.835. The zero-order valence-corrected chi connectivity index (χ0v) is 13.5. The fourth-order valence-electron chi connectivity index (χ4n) is 1.76. The van der Waals surface area contributed by atoms with Gasteiger partial charge in [0.1, 0.15) is 5.82 Å². The Balaban J connectivity index is 3.12. The lowest BCUT2D eigenvalue weighted by Gasteiger charge is -2.25. The third-order valence-electron chi connectivity index (χ3n) is 3.22. The molecule has 0 fully saturated rings. The molecule has 0 aromatic heterocycles. The van der Waals surface area contributed by atoms with Gasteiger partial charge in [-0.3, -0.25) is 0 Å². The Hall–Kier alpha value is -0.630. The molecule has 0 amide bonds. The van der Waals surface area contributed by atoms with Crippen molar-refractivity contribution in [1.29, 1.82) is 0 Å². The van der Waals surface area contributed by atoms with Crippen molar-refractivity contribution < 1.29 is 17.9 Å². The van der Waals surface area contributed by atoms with Gasteiger partial charge < -0.3 is 5.11 Å². The lowest BCUT2D eigenvalue weighted by atomic mass is 10.2. The molecular weight excluding hydrogens is 301 g/mol. The molecule has 0 aliphatic carbocycles. The number of aliphatic hydroxyl groups is 1. The molecule has 1 rings (SSSR count). The van der Waals surface area contributed by atoms with Gasteiger partial charge in [-0.05, 0) is 43.0 Å². The molecule has 1 unspecified atom stereocenters.